The van der Waals surface area contributed by atoms with Crippen LogP contribution < -0.4 is 9.47 Å². The van der Waals surface area contributed by atoms with Crippen LogP contribution in [0.2, 0.25) is 0 Å². The molecule has 0 bridgehead atoms. The molecule has 4 heteroatoms. The normalized spacial score (nSPS) is 10.5. The van der Waals surface area contributed by atoms with Crippen molar-refractivity contribution in [3.8, 4) is 45.1 Å². The molecular formula is C24H20N2O2. The summed E-state index contributed by atoms with van der Waals surface area (Å²) in [6.07, 6.45) is 0. The average Bonchev–Trinajstić information content (AvgIpc) is 2.79. The maximum atomic E-state index is 5.50. The molecule has 0 amide bonds. The van der Waals surface area contributed by atoms with Crippen LogP contribution in [0.5, 0.6) is 11.5 Å². The van der Waals surface area contributed by atoms with E-state index in [-0.39, 0.29) is 0 Å². The Balaban J connectivity index is 1.92. The molecule has 0 spiro atoms. The van der Waals surface area contributed by atoms with E-state index in [9.17, 15) is 0 Å². The van der Waals surface area contributed by atoms with E-state index in [1.54, 1.807) is 14.2 Å². The number of methoxy groups -OCH3 is 2. The summed E-state index contributed by atoms with van der Waals surface area (Å²) >= 11 is 0. The second kappa shape index (κ2) is 7.92. The second-order valence-corrected chi connectivity index (χ2v) is 6.29. The maximum Gasteiger partial charge on any atom is 0.161 e. The SMILES string of the molecule is COc1ccc(-c2cc(-c3ccccc3)nnc2-c2ccccc2)cc1OC. The number of aromatic nitrogens is 2. The largest absolute Gasteiger partial charge is 0.493 e. The first kappa shape index (κ1) is 17.7. The molecule has 0 N–H and O–H groups in total. The Kier molecular flexibility index (Phi) is 5.02. The zero-order valence-corrected chi connectivity index (χ0v) is 15.8. The van der Waals surface area contributed by atoms with Gasteiger partial charge in [0.2, 0.25) is 0 Å². The summed E-state index contributed by atoms with van der Waals surface area (Å²) in [5.41, 5.74) is 5.66. The van der Waals surface area contributed by atoms with Gasteiger partial charge in [-0.15, -0.1) is 10.2 Å². The fraction of sp³-hybridized carbons (Fsp3) is 0.0833. The number of hydrogen-bond acceptors (Lipinski definition) is 4. The van der Waals surface area contributed by atoms with Crippen molar-refractivity contribution in [3.05, 3.63) is 84.9 Å². The lowest BCUT2D eigenvalue weighted by molar-refractivity contribution is 0.355. The van der Waals surface area contributed by atoms with Crippen LogP contribution in [0.4, 0.5) is 0 Å². The predicted octanol–water partition coefficient (Wildman–Crippen LogP) is 5.49. The molecule has 0 aliphatic carbocycles. The fourth-order valence-corrected chi connectivity index (χ4v) is 3.17. The van der Waals surface area contributed by atoms with Gasteiger partial charge in [0.15, 0.2) is 11.5 Å². The molecule has 1 aromatic heterocycles. The molecule has 0 atom stereocenters. The first-order valence-electron chi connectivity index (χ1n) is 9.01. The summed E-state index contributed by atoms with van der Waals surface area (Å²) in [6.45, 7) is 0. The first-order valence-corrected chi connectivity index (χ1v) is 9.01. The van der Waals surface area contributed by atoms with Crippen LogP contribution >= 0.6 is 0 Å². The van der Waals surface area contributed by atoms with Gasteiger partial charge >= 0.3 is 0 Å². The maximum absolute atomic E-state index is 5.50. The highest BCUT2D eigenvalue weighted by Crippen LogP contribution is 2.37. The summed E-state index contributed by atoms with van der Waals surface area (Å²) in [5.74, 6) is 1.37. The molecule has 28 heavy (non-hydrogen) atoms. The zero-order valence-electron chi connectivity index (χ0n) is 15.8. The minimum absolute atomic E-state index is 0.678. The zero-order chi connectivity index (χ0) is 19.3. The minimum atomic E-state index is 0.678. The number of benzene rings is 3. The highest BCUT2D eigenvalue weighted by molar-refractivity contribution is 5.83. The molecule has 4 nitrogen and oxygen atoms in total. The van der Waals surface area contributed by atoms with E-state index < -0.39 is 0 Å². The van der Waals surface area contributed by atoms with Crippen LogP contribution in [0.1, 0.15) is 0 Å². The summed E-state index contributed by atoms with van der Waals surface area (Å²) in [7, 11) is 3.27. The van der Waals surface area contributed by atoms with Crippen molar-refractivity contribution in [2.45, 2.75) is 0 Å². The molecule has 0 aliphatic rings. The van der Waals surface area contributed by atoms with Crippen molar-refractivity contribution in [3.63, 3.8) is 0 Å². The van der Waals surface area contributed by atoms with E-state index in [0.29, 0.717) is 11.5 Å². The van der Waals surface area contributed by atoms with E-state index >= 15 is 0 Å². The highest BCUT2D eigenvalue weighted by Gasteiger charge is 2.15. The molecular weight excluding hydrogens is 348 g/mol. The number of ether oxygens (including phenoxy) is 2. The first-order chi connectivity index (χ1) is 13.8. The van der Waals surface area contributed by atoms with Crippen molar-refractivity contribution >= 4 is 0 Å². The third-order valence-corrected chi connectivity index (χ3v) is 4.61. The Hall–Kier alpha value is -3.66. The molecule has 4 aromatic rings. The van der Waals surface area contributed by atoms with E-state index in [0.717, 1.165) is 33.6 Å². The molecule has 4 rings (SSSR count). The molecule has 0 fully saturated rings. The second-order valence-electron chi connectivity index (χ2n) is 6.29. The quantitative estimate of drug-likeness (QED) is 0.467. The standard InChI is InChI=1S/C24H20N2O2/c1-27-22-14-13-19(15-23(22)28-2)20-16-21(17-9-5-3-6-10-17)25-26-24(20)18-11-7-4-8-12-18/h3-16H,1-2H3. The van der Waals surface area contributed by atoms with Crippen molar-refractivity contribution in [2.24, 2.45) is 0 Å². The van der Waals surface area contributed by atoms with Gasteiger partial charge in [-0.2, -0.15) is 0 Å². The average molecular weight is 368 g/mol. The van der Waals surface area contributed by atoms with Gasteiger partial charge in [0.25, 0.3) is 0 Å². The third kappa shape index (κ3) is 3.45. The fourth-order valence-electron chi connectivity index (χ4n) is 3.17. The Bertz CT molecular complexity index is 1080. The lowest BCUT2D eigenvalue weighted by Gasteiger charge is -2.13. The lowest BCUT2D eigenvalue weighted by Crippen LogP contribution is -1.97. The van der Waals surface area contributed by atoms with Gasteiger partial charge in [-0.1, -0.05) is 66.7 Å². The van der Waals surface area contributed by atoms with Crippen LogP contribution in [-0.2, 0) is 0 Å². The van der Waals surface area contributed by atoms with Crippen LogP contribution in [0.3, 0.4) is 0 Å². The van der Waals surface area contributed by atoms with Crippen LogP contribution in [0, 0.1) is 0 Å². The molecule has 0 saturated carbocycles. The van der Waals surface area contributed by atoms with Gasteiger partial charge in [0.05, 0.1) is 19.9 Å². The van der Waals surface area contributed by atoms with Crippen LogP contribution in [0.15, 0.2) is 84.9 Å². The van der Waals surface area contributed by atoms with Crippen molar-refractivity contribution in [1.82, 2.24) is 10.2 Å². The molecule has 3 aromatic carbocycles. The molecule has 0 radical (unpaired) electrons. The van der Waals surface area contributed by atoms with E-state index in [2.05, 4.69) is 16.3 Å². The summed E-state index contributed by atoms with van der Waals surface area (Å²) in [5, 5.41) is 9.06. The topological polar surface area (TPSA) is 44.2 Å². The Morgan fingerprint density at radius 1 is 0.571 bits per heavy atom. The predicted molar refractivity (Wildman–Crippen MR) is 111 cm³/mol. The van der Waals surface area contributed by atoms with Gasteiger partial charge in [-0.3, -0.25) is 0 Å². The monoisotopic (exact) mass is 368 g/mol. The number of rotatable bonds is 5. The van der Waals surface area contributed by atoms with Crippen molar-refractivity contribution < 1.29 is 9.47 Å². The van der Waals surface area contributed by atoms with Gasteiger partial charge in [-0.05, 0) is 23.8 Å². The number of hydrogen-bond donors (Lipinski definition) is 0. The molecule has 138 valence electrons. The van der Waals surface area contributed by atoms with Crippen LogP contribution in [0.25, 0.3) is 33.6 Å². The summed E-state index contributed by atoms with van der Waals surface area (Å²) in [6, 6.07) is 28.1. The van der Waals surface area contributed by atoms with Crippen molar-refractivity contribution in [2.75, 3.05) is 14.2 Å². The van der Waals surface area contributed by atoms with E-state index in [1.165, 1.54) is 0 Å². The molecule has 1 heterocycles. The Morgan fingerprint density at radius 3 is 1.86 bits per heavy atom. The lowest BCUT2D eigenvalue weighted by atomic mass is 9.97. The molecule has 0 saturated heterocycles. The Labute approximate surface area is 164 Å². The van der Waals surface area contributed by atoms with E-state index in [1.807, 2.05) is 78.9 Å². The smallest absolute Gasteiger partial charge is 0.161 e. The van der Waals surface area contributed by atoms with E-state index in [4.69, 9.17) is 9.47 Å². The number of nitrogens with zero attached hydrogens (tertiary/aromatic N) is 2. The van der Waals surface area contributed by atoms with Gasteiger partial charge < -0.3 is 9.47 Å². The minimum Gasteiger partial charge on any atom is -0.493 e. The highest BCUT2D eigenvalue weighted by atomic mass is 16.5. The van der Waals surface area contributed by atoms with Gasteiger partial charge in [-0.25, -0.2) is 0 Å². The van der Waals surface area contributed by atoms with Gasteiger partial charge in [0, 0.05) is 16.7 Å². The summed E-state index contributed by atoms with van der Waals surface area (Å²) < 4.78 is 10.9. The third-order valence-electron chi connectivity index (χ3n) is 4.61. The summed E-state index contributed by atoms with van der Waals surface area (Å²) in [4.78, 5) is 0. The van der Waals surface area contributed by atoms with Crippen LogP contribution in [-0.4, -0.2) is 24.4 Å². The van der Waals surface area contributed by atoms with Crippen molar-refractivity contribution in [1.29, 1.82) is 0 Å². The Morgan fingerprint density at radius 2 is 1.21 bits per heavy atom. The van der Waals surface area contributed by atoms with Gasteiger partial charge in [0.1, 0.15) is 5.69 Å². The molecule has 0 aliphatic heterocycles. The molecule has 0 unspecified atom stereocenters.